The Balaban J connectivity index is 0.000000442. The van der Waals surface area contributed by atoms with E-state index in [1.165, 1.54) is 44.8 Å². The fourth-order valence-electron chi connectivity index (χ4n) is 4.58. The monoisotopic (exact) mass is 439 g/mol. The first-order valence-electron chi connectivity index (χ1n) is 11.7. The summed E-state index contributed by atoms with van der Waals surface area (Å²) in [5, 5.41) is 4.91. The molecule has 0 aliphatic carbocycles. The van der Waals surface area contributed by atoms with Crippen LogP contribution < -0.4 is 4.57 Å². The van der Waals surface area contributed by atoms with Gasteiger partial charge in [-0.1, -0.05) is 85.6 Å². The highest BCUT2D eigenvalue weighted by molar-refractivity contribution is 5.56. The van der Waals surface area contributed by atoms with Crippen LogP contribution in [0.5, 0.6) is 0 Å². The van der Waals surface area contributed by atoms with Gasteiger partial charge in [-0.25, -0.2) is 4.57 Å². The zero-order valence-electron chi connectivity index (χ0n) is 21.3. The van der Waals surface area contributed by atoms with E-state index in [0.29, 0.717) is 0 Å². The Hall–Kier alpha value is -3.33. The molecule has 1 heterocycles. The first kappa shape index (κ1) is 24.3. The summed E-state index contributed by atoms with van der Waals surface area (Å²) in [4.78, 5) is 0. The standard InChI is InChI=1S/C24H31N3.C6H6/c1-15(2)25-22-13-26(23-18(5)9-16(3)10-19(23)6)14-27(22)24-20(7)11-17(4)12-21(24)8;1-2-4-6-5-3-1/h9-15H,1-8H3;1-6H. The molecule has 0 saturated heterocycles. The minimum atomic E-state index is 0.235. The fourth-order valence-corrected chi connectivity index (χ4v) is 4.58. The van der Waals surface area contributed by atoms with Crippen LogP contribution in [0.4, 0.5) is 5.82 Å². The number of aromatic nitrogens is 2. The van der Waals surface area contributed by atoms with Gasteiger partial charge in [0, 0.05) is 0 Å². The van der Waals surface area contributed by atoms with Gasteiger partial charge in [0.25, 0.3) is 0 Å². The molecule has 0 saturated carbocycles. The van der Waals surface area contributed by atoms with Crippen molar-refractivity contribution >= 4 is 5.82 Å². The Morgan fingerprint density at radius 2 is 1.09 bits per heavy atom. The van der Waals surface area contributed by atoms with Gasteiger partial charge in [0.1, 0.15) is 5.69 Å². The predicted octanol–water partition coefficient (Wildman–Crippen LogP) is 7.70. The van der Waals surface area contributed by atoms with Gasteiger partial charge in [-0.05, 0) is 81.3 Å². The number of imidazole rings is 1. The van der Waals surface area contributed by atoms with Gasteiger partial charge >= 0.3 is 0 Å². The molecule has 0 radical (unpaired) electrons. The Morgan fingerprint density at radius 1 is 0.667 bits per heavy atom. The lowest BCUT2D eigenvalue weighted by molar-refractivity contribution is -0.595. The van der Waals surface area contributed by atoms with E-state index in [4.69, 9.17) is 5.32 Å². The van der Waals surface area contributed by atoms with Gasteiger partial charge in [0.15, 0.2) is 0 Å². The average Bonchev–Trinajstić information content (AvgIpc) is 3.10. The SMILES string of the molecule is Cc1cc(C)c(-n2c[n+](-c3c(C)cc(C)cc3C)cc2[N-]C(C)C)c(C)c1.c1ccccc1. The zero-order chi connectivity index (χ0) is 24.1. The lowest BCUT2D eigenvalue weighted by Gasteiger charge is -2.24. The van der Waals surface area contributed by atoms with Gasteiger partial charge in [0.05, 0.1) is 12.5 Å². The molecular formula is C30H37N3. The molecule has 0 unspecified atom stereocenters. The van der Waals surface area contributed by atoms with Crippen LogP contribution >= 0.6 is 0 Å². The van der Waals surface area contributed by atoms with Gasteiger partial charge < -0.3 is 9.88 Å². The topological polar surface area (TPSA) is 22.9 Å². The minimum Gasteiger partial charge on any atom is -0.459 e. The quantitative estimate of drug-likeness (QED) is 0.291. The van der Waals surface area contributed by atoms with Crippen molar-refractivity contribution in [1.29, 1.82) is 0 Å². The van der Waals surface area contributed by atoms with Crippen LogP contribution in [0.15, 0.2) is 73.2 Å². The van der Waals surface area contributed by atoms with Crippen LogP contribution in [0.1, 0.15) is 47.2 Å². The molecule has 0 amide bonds. The molecule has 3 aromatic carbocycles. The molecule has 172 valence electrons. The van der Waals surface area contributed by atoms with Gasteiger partial charge in [-0.15, -0.1) is 0 Å². The minimum absolute atomic E-state index is 0.235. The van der Waals surface area contributed by atoms with Crippen molar-refractivity contribution in [1.82, 2.24) is 4.57 Å². The van der Waals surface area contributed by atoms with Crippen molar-refractivity contribution in [2.75, 3.05) is 0 Å². The summed E-state index contributed by atoms with van der Waals surface area (Å²) in [6.45, 7) is 17.3. The average molecular weight is 440 g/mol. The van der Waals surface area contributed by atoms with Crippen molar-refractivity contribution in [2.24, 2.45) is 0 Å². The highest BCUT2D eigenvalue weighted by Crippen LogP contribution is 2.30. The molecule has 4 rings (SSSR count). The zero-order valence-corrected chi connectivity index (χ0v) is 21.3. The van der Waals surface area contributed by atoms with E-state index in [1.54, 1.807) is 0 Å². The molecule has 3 nitrogen and oxygen atoms in total. The maximum absolute atomic E-state index is 4.91. The molecule has 0 fully saturated rings. The summed E-state index contributed by atoms with van der Waals surface area (Å²) in [5.74, 6) is 0.986. The summed E-state index contributed by atoms with van der Waals surface area (Å²) >= 11 is 0. The van der Waals surface area contributed by atoms with E-state index in [-0.39, 0.29) is 6.04 Å². The van der Waals surface area contributed by atoms with Gasteiger partial charge in [-0.2, -0.15) is 0 Å². The van der Waals surface area contributed by atoms with Crippen molar-refractivity contribution in [3.05, 3.63) is 112 Å². The molecule has 0 aliphatic rings. The number of hydrogen-bond donors (Lipinski definition) is 0. The third-order valence-electron chi connectivity index (χ3n) is 5.57. The number of nitrogens with zero attached hydrogens (tertiary/aromatic N) is 3. The Kier molecular flexibility index (Phi) is 7.75. The number of benzene rings is 3. The number of rotatable bonds is 4. The van der Waals surface area contributed by atoms with Gasteiger partial charge in [-0.3, -0.25) is 0 Å². The Bertz CT molecular complexity index is 1140. The Morgan fingerprint density at radius 3 is 1.52 bits per heavy atom. The van der Waals surface area contributed by atoms with Crippen molar-refractivity contribution in [3.8, 4) is 11.4 Å². The van der Waals surface area contributed by atoms with E-state index in [9.17, 15) is 0 Å². The molecule has 0 atom stereocenters. The number of aryl methyl sites for hydroxylation is 6. The molecule has 33 heavy (non-hydrogen) atoms. The molecule has 0 spiro atoms. The molecular weight excluding hydrogens is 402 g/mol. The normalized spacial score (nSPS) is 10.7. The van der Waals surface area contributed by atoms with Crippen LogP contribution in [0.3, 0.4) is 0 Å². The maximum atomic E-state index is 4.91. The van der Waals surface area contributed by atoms with Crippen molar-refractivity contribution in [2.45, 2.75) is 61.4 Å². The van der Waals surface area contributed by atoms with E-state index in [2.05, 4.69) is 101 Å². The third-order valence-corrected chi connectivity index (χ3v) is 5.57. The molecule has 3 heteroatoms. The van der Waals surface area contributed by atoms with Crippen LogP contribution in [-0.4, -0.2) is 10.6 Å². The second kappa shape index (κ2) is 10.5. The van der Waals surface area contributed by atoms with Crippen LogP contribution in [0, 0.1) is 41.5 Å². The first-order chi connectivity index (χ1) is 15.7. The van der Waals surface area contributed by atoms with E-state index in [0.717, 1.165) is 5.82 Å². The largest absolute Gasteiger partial charge is 0.459 e. The highest BCUT2D eigenvalue weighted by atomic mass is 15.2. The second-order valence-electron chi connectivity index (χ2n) is 9.25. The summed E-state index contributed by atoms with van der Waals surface area (Å²) in [6, 6.07) is 21.2. The van der Waals surface area contributed by atoms with E-state index < -0.39 is 0 Å². The second-order valence-corrected chi connectivity index (χ2v) is 9.25. The van der Waals surface area contributed by atoms with Crippen molar-refractivity contribution in [3.63, 3.8) is 0 Å². The van der Waals surface area contributed by atoms with Crippen LogP contribution in [-0.2, 0) is 0 Å². The highest BCUT2D eigenvalue weighted by Gasteiger charge is 2.13. The lowest BCUT2D eigenvalue weighted by Crippen LogP contribution is -2.30. The van der Waals surface area contributed by atoms with Crippen LogP contribution in [0.2, 0.25) is 0 Å². The lowest BCUT2D eigenvalue weighted by atomic mass is 10.0. The summed E-state index contributed by atoms with van der Waals surface area (Å²) in [6.07, 6.45) is 4.33. The molecule has 0 bridgehead atoms. The summed E-state index contributed by atoms with van der Waals surface area (Å²) in [5.41, 5.74) is 10.2. The first-order valence-corrected chi connectivity index (χ1v) is 11.7. The van der Waals surface area contributed by atoms with E-state index >= 15 is 0 Å². The molecule has 0 aliphatic heterocycles. The van der Waals surface area contributed by atoms with Gasteiger partial charge in [0.2, 0.25) is 0 Å². The molecule has 1 aromatic heterocycles. The van der Waals surface area contributed by atoms with Crippen molar-refractivity contribution < 1.29 is 4.57 Å². The van der Waals surface area contributed by atoms with Crippen LogP contribution in [0.25, 0.3) is 16.7 Å². The Labute approximate surface area is 199 Å². The number of hydrogen-bond acceptors (Lipinski definition) is 0. The predicted molar refractivity (Wildman–Crippen MR) is 140 cm³/mol. The summed E-state index contributed by atoms with van der Waals surface area (Å²) < 4.78 is 4.47. The third kappa shape index (κ3) is 5.92. The molecule has 0 N–H and O–H groups in total. The van der Waals surface area contributed by atoms with E-state index in [1.807, 2.05) is 36.4 Å². The maximum Gasteiger partial charge on any atom is 0.134 e. The fraction of sp³-hybridized carbons (Fsp3) is 0.300. The summed E-state index contributed by atoms with van der Waals surface area (Å²) in [7, 11) is 0. The smallest absolute Gasteiger partial charge is 0.134 e. The molecule has 4 aromatic rings.